The number of hydrogen-bond donors (Lipinski definition) is 3. The van der Waals surface area contributed by atoms with Crippen molar-refractivity contribution in [2.45, 2.75) is 33.2 Å². The first kappa shape index (κ1) is 15.2. The highest BCUT2D eigenvalue weighted by Gasteiger charge is 2.17. The number of aliphatic hydroxyl groups excluding tert-OH is 1. The van der Waals surface area contributed by atoms with Crippen LogP contribution in [0.25, 0.3) is 0 Å². The molecule has 0 saturated heterocycles. The van der Waals surface area contributed by atoms with Gasteiger partial charge in [-0.2, -0.15) is 0 Å². The van der Waals surface area contributed by atoms with Crippen molar-refractivity contribution >= 4 is 17.5 Å². The first-order valence-corrected chi connectivity index (χ1v) is 6.27. The van der Waals surface area contributed by atoms with E-state index in [1.54, 1.807) is 0 Å². The van der Waals surface area contributed by atoms with Gasteiger partial charge in [-0.3, -0.25) is 9.59 Å². The highest BCUT2D eigenvalue weighted by Crippen LogP contribution is 2.16. The molecule has 1 rings (SSSR count). The molecule has 0 fully saturated rings. The normalized spacial score (nSPS) is 11.8. The van der Waals surface area contributed by atoms with Crippen LogP contribution in [0.2, 0.25) is 0 Å². The van der Waals surface area contributed by atoms with Crippen molar-refractivity contribution < 1.29 is 14.7 Å². The minimum atomic E-state index is -0.734. The second kappa shape index (κ2) is 6.89. The summed E-state index contributed by atoms with van der Waals surface area (Å²) in [5, 5.41) is 14.0. The Morgan fingerprint density at radius 3 is 2.53 bits per heavy atom. The Morgan fingerprint density at radius 2 is 1.95 bits per heavy atom. The van der Waals surface area contributed by atoms with Gasteiger partial charge in [-0.25, -0.2) is 0 Å². The lowest BCUT2D eigenvalue weighted by Gasteiger charge is -2.14. The van der Waals surface area contributed by atoms with Crippen LogP contribution in [0.15, 0.2) is 18.2 Å². The molecule has 0 heterocycles. The van der Waals surface area contributed by atoms with Crippen LogP contribution in [-0.2, 0) is 9.59 Å². The fraction of sp³-hybridized carbons (Fsp3) is 0.429. The third-order valence-electron chi connectivity index (χ3n) is 2.90. The van der Waals surface area contributed by atoms with Crippen LogP contribution in [0.3, 0.4) is 0 Å². The molecule has 5 nitrogen and oxygen atoms in total. The minimum Gasteiger partial charge on any atom is -0.394 e. The fourth-order valence-electron chi connectivity index (χ4n) is 1.58. The summed E-state index contributed by atoms with van der Waals surface area (Å²) in [6.45, 7) is 5.41. The summed E-state index contributed by atoms with van der Waals surface area (Å²) < 4.78 is 0. The summed E-state index contributed by atoms with van der Waals surface area (Å²) in [5.41, 5.74) is 2.52. The standard InChI is InChI=1S/C14H20N2O3/c1-4-11(8-17)15-13(18)14(19)16-12-7-9(2)5-6-10(12)3/h5-7,11,17H,4,8H2,1-3H3,(H,15,18)(H,16,19)/t11-/m0/s1. The first-order valence-electron chi connectivity index (χ1n) is 6.27. The molecular weight excluding hydrogens is 244 g/mol. The van der Waals surface area contributed by atoms with E-state index < -0.39 is 17.9 Å². The van der Waals surface area contributed by atoms with Crippen molar-refractivity contribution in [3.63, 3.8) is 0 Å². The molecule has 0 bridgehead atoms. The SMILES string of the molecule is CC[C@@H](CO)NC(=O)C(=O)Nc1cc(C)ccc1C. The van der Waals surface area contributed by atoms with E-state index in [1.165, 1.54) is 0 Å². The van der Waals surface area contributed by atoms with E-state index in [1.807, 2.05) is 39.0 Å². The monoisotopic (exact) mass is 264 g/mol. The molecule has 5 heteroatoms. The maximum atomic E-state index is 11.7. The molecule has 0 spiro atoms. The van der Waals surface area contributed by atoms with Gasteiger partial charge in [-0.1, -0.05) is 19.1 Å². The van der Waals surface area contributed by atoms with Crippen molar-refractivity contribution in [1.29, 1.82) is 0 Å². The Labute approximate surface area is 113 Å². The molecule has 0 saturated carbocycles. The van der Waals surface area contributed by atoms with Crippen LogP contribution < -0.4 is 10.6 Å². The molecule has 1 aromatic carbocycles. The first-order chi connectivity index (χ1) is 8.97. The molecular formula is C14H20N2O3. The van der Waals surface area contributed by atoms with Gasteiger partial charge in [0.1, 0.15) is 0 Å². The summed E-state index contributed by atoms with van der Waals surface area (Å²) in [6, 6.07) is 5.23. The molecule has 0 unspecified atom stereocenters. The highest BCUT2D eigenvalue weighted by atomic mass is 16.3. The zero-order chi connectivity index (χ0) is 14.4. The number of aryl methyl sites for hydroxylation is 2. The third-order valence-corrected chi connectivity index (χ3v) is 2.90. The number of rotatable bonds is 4. The van der Waals surface area contributed by atoms with Crippen molar-refractivity contribution in [3.05, 3.63) is 29.3 Å². The average molecular weight is 264 g/mol. The summed E-state index contributed by atoms with van der Waals surface area (Å²) in [7, 11) is 0. The van der Waals surface area contributed by atoms with Crippen molar-refractivity contribution in [2.24, 2.45) is 0 Å². The lowest BCUT2D eigenvalue weighted by atomic mass is 10.1. The summed E-state index contributed by atoms with van der Waals surface area (Å²) in [4.78, 5) is 23.4. The zero-order valence-corrected chi connectivity index (χ0v) is 11.5. The van der Waals surface area contributed by atoms with Gasteiger partial charge >= 0.3 is 11.8 Å². The Bertz CT molecular complexity index is 468. The van der Waals surface area contributed by atoms with E-state index in [-0.39, 0.29) is 6.61 Å². The molecule has 3 N–H and O–H groups in total. The van der Waals surface area contributed by atoms with Gasteiger partial charge in [0.2, 0.25) is 0 Å². The molecule has 0 aliphatic rings. The van der Waals surface area contributed by atoms with E-state index in [4.69, 9.17) is 5.11 Å². The molecule has 0 aromatic heterocycles. The van der Waals surface area contributed by atoms with Crippen LogP contribution in [0.1, 0.15) is 24.5 Å². The molecule has 1 aromatic rings. The molecule has 0 aliphatic carbocycles. The number of amides is 2. The molecule has 0 radical (unpaired) electrons. The topological polar surface area (TPSA) is 78.4 Å². The third kappa shape index (κ3) is 4.37. The van der Waals surface area contributed by atoms with Gasteiger partial charge in [0.25, 0.3) is 0 Å². The molecule has 104 valence electrons. The van der Waals surface area contributed by atoms with Crippen LogP contribution >= 0.6 is 0 Å². The Hall–Kier alpha value is -1.88. The second-order valence-corrected chi connectivity index (χ2v) is 4.53. The number of carbonyl (C=O) groups excluding carboxylic acids is 2. The van der Waals surface area contributed by atoms with E-state index in [0.717, 1.165) is 11.1 Å². The quantitative estimate of drug-likeness (QED) is 0.713. The summed E-state index contributed by atoms with van der Waals surface area (Å²) in [6.07, 6.45) is 0.568. The minimum absolute atomic E-state index is 0.182. The van der Waals surface area contributed by atoms with Crippen LogP contribution in [0.4, 0.5) is 5.69 Å². The highest BCUT2D eigenvalue weighted by molar-refractivity contribution is 6.39. The molecule has 19 heavy (non-hydrogen) atoms. The zero-order valence-electron chi connectivity index (χ0n) is 11.5. The van der Waals surface area contributed by atoms with E-state index >= 15 is 0 Å². The number of anilines is 1. The van der Waals surface area contributed by atoms with Gasteiger partial charge in [-0.15, -0.1) is 0 Å². The van der Waals surface area contributed by atoms with Crippen LogP contribution in [0.5, 0.6) is 0 Å². The molecule has 1 atom stereocenters. The maximum Gasteiger partial charge on any atom is 0.313 e. The Kier molecular flexibility index (Phi) is 5.51. The molecule has 2 amide bonds. The number of carbonyl (C=O) groups is 2. The summed E-state index contributed by atoms with van der Waals surface area (Å²) in [5.74, 6) is -1.46. The van der Waals surface area contributed by atoms with Gasteiger partial charge < -0.3 is 15.7 Å². The van der Waals surface area contributed by atoms with E-state index in [0.29, 0.717) is 12.1 Å². The largest absolute Gasteiger partial charge is 0.394 e. The van der Waals surface area contributed by atoms with Crippen LogP contribution in [0, 0.1) is 13.8 Å². The van der Waals surface area contributed by atoms with E-state index in [9.17, 15) is 9.59 Å². The maximum absolute atomic E-state index is 11.7. The number of aliphatic hydroxyl groups is 1. The summed E-state index contributed by atoms with van der Waals surface area (Å²) >= 11 is 0. The van der Waals surface area contributed by atoms with Crippen molar-refractivity contribution in [2.75, 3.05) is 11.9 Å². The molecule has 0 aliphatic heterocycles. The lowest BCUT2D eigenvalue weighted by molar-refractivity contribution is -0.136. The predicted molar refractivity (Wildman–Crippen MR) is 73.9 cm³/mol. The van der Waals surface area contributed by atoms with Gasteiger partial charge in [0.05, 0.1) is 12.6 Å². The van der Waals surface area contributed by atoms with E-state index in [2.05, 4.69) is 10.6 Å². The van der Waals surface area contributed by atoms with Gasteiger partial charge in [0.15, 0.2) is 0 Å². The van der Waals surface area contributed by atoms with Gasteiger partial charge in [0, 0.05) is 5.69 Å². The predicted octanol–water partition coefficient (Wildman–Crippen LogP) is 1.13. The number of benzene rings is 1. The van der Waals surface area contributed by atoms with Crippen molar-refractivity contribution in [3.8, 4) is 0 Å². The van der Waals surface area contributed by atoms with Gasteiger partial charge in [-0.05, 0) is 37.5 Å². The van der Waals surface area contributed by atoms with Crippen LogP contribution in [-0.4, -0.2) is 29.6 Å². The number of hydrogen-bond acceptors (Lipinski definition) is 3. The smallest absolute Gasteiger partial charge is 0.313 e. The average Bonchev–Trinajstić information content (AvgIpc) is 2.39. The Balaban J connectivity index is 2.69. The lowest BCUT2D eigenvalue weighted by Crippen LogP contribution is -2.43. The van der Waals surface area contributed by atoms with Crippen molar-refractivity contribution in [1.82, 2.24) is 5.32 Å². The second-order valence-electron chi connectivity index (χ2n) is 4.53. The Morgan fingerprint density at radius 1 is 1.26 bits per heavy atom. The number of nitrogens with one attached hydrogen (secondary N) is 2. The fourth-order valence-corrected chi connectivity index (χ4v) is 1.58.